The third-order valence-corrected chi connectivity index (χ3v) is 3.52. The Bertz CT molecular complexity index is 466. The summed E-state index contributed by atoms with van der Waals surface area (Å²) in [6, 6.07) is 0. The Morgan fingerprint density at radius 1 is 1.48 bits per heavy atom. The number of carbonyl (C=O) groups excluding carboxylic acids is 1. The van der Waals surface area contributed by atoms with E-state index in [1.54, 1.807) is 11.7 Å². The molecule has 7 nitrogen and oxygen atoms in total. The summed E-state index contributed by atoms with van der Waals surface area (Å²) in [7, 11) is 1.80. The average Bonchev–Trinajstić information content (AvgIpc) is 2.81. The van der Waals surface area contributed by atoms with Crippen LogP contribution in [0.1, 0.15) is 44.9 Å². The second kappa shape index (κ2) is 7.51. The van der Waals surface area contributed by atoms with E-state index in [0.29, 0.717) is 24.9 Å². The van der Waals surface area contributed by atoms with E-state index in [2.05, 4.69) is 20.7 Å². The Morgan fingerprint density at radius 2 is 2.19 bits per heavy atom. The van der Waals surface area contributed by atoms with Crippen LogP contribution in [0.25, 0.3) is 0 Å². The number of aryl methyl sites for hydroxylation is 1. The van der Waals surface area contributed by atoms with Crippen LogP contribution in [0.2, 0.25) is 0 Å². The molecule has 2 rings (SSSR count). The van der Waals surface area contributed by atoms with Crippen LogP contribution in [0, 0.1) is 0 Å². The lowest BCUT2D eigenvalue weighted by molar-refractivity contribution is -0.117. The highest BCUT2D eigenvalue weighted by Crippen LogP contribution is 2.23. The van der Waals surface area contributed by atoms with E-state index in [4.69, 9.17) is 4.74 Å². The number of rotatable bonds is 6. The zero-order valence-electron chi connectivity index (χ0n) is 13.1. The molecule has 1 saturated heterocycles. The molecular weight excluding hydrogens is 270 g/mol. The van der Waals surface area contributed by atoms with Gasteiger partial charge in [0, 0.05) is 13.0 Å². The molecule has 2 N–H and O–H groups in total. The zero-order chi connectivity index (χ0) is 15.2. The van der Waals surface area contributed by atoms with Gasteiger partial charge in [0.1, 0.15) is 0 Å². The maximum atomic E-state index is 11.8. The van der Waals surface area contributed by atoms with Crippen molar-refractivity contribution in [1.29, 1.82) is 0 Å². The molecule has 1 aromatic heterocycles. The largest absolute Gasteiger partial charge is 0.378 e. The minimum atomic E-state index is -0.0944. The van der Waals surface area contributed by atoms with Gasteiger partial charge in [-0.15, -0.1) is 0 Å². The van der Waals surface area contributed by atoms with Crippen molar-refractivity contribution in [3.63, 3.8) is 0 Å². The van der Waals surface area contributed by atoms with Crippen molar-refractivity contribution < 1.29 is 9.53 Å². The normalized spacial score (nSPS) is 16.4. The van der Waals surface area contributed by atoms with Crippen molar-refractivity contribution in [3.05, 3.63) is 5.82 Å². The molecular formula is C14H25N5O2. The smallest absolute Gasteiger partial charge is 0.229 e. The first-order valence-electron chi connectivity index (χ1n) is 7.59. The van der Waals surface area contributed by atoms with E-state index in [1.807, 2.05) is 13.8 Å². The van der Waals surface area contributed by atoms with Crippen molar-refractivity contribution in [1.82, 2.24) is 20.1 Å². The van der Waals surface area contributed by atoms with Gasteiger partial charge in [-0.1, -0.05) is 0 Å². The second-order valence-electron chi connectivity index (χ2n) is 5.66. The maximum Gasteiger partial charge on any atom is 0.229 e. The molecule has 1 aliphatic heterocycles. The van der Waals surface area contributed by atoms with Gasteiger partial charge in [0.25, 0.3) is 0 Å². The molecule has 21 heavy (non-hydrogen) atoms. The molecule has 1 aromatic rings. The van der Waals surface area contributed by atoms with Gasteiger partial charge in [0.05, 0.1) is 19.1 Å². The molecule has 1 amide bonds. The first kappa shape index (κ1) is 15.9. The highest BCUT2D eigenvalue weighted by Gasteiger charge is 2.21. The lowest BCUT2D eigenvalue weighted by Crippen LogP contribution is -2.27. The highest BCUT2D eigenvalue weighted by molar-refractivity contribution is 5.89. The lowest BCUT2D eigenvalue weighted by Gasteiger charge is -2.19. The average molecular weight is 295 g/mol. The Kier molecular flexibility index (Phi) is 5.69. The summed E-state index contributed by atoms with van der Waals surface area (Å²) in [4.78, 5) is 16.3. The fourth-order valence-electron chi connectivity index (χ4n) is 2.34. The van der Waals surface area contributed by atoms with Gasteiger partial charge in [-0.3, -0.25) is 10.1 Å². The van der Waals surface area contributed by atoms with E-state index >= 15 is 0 Å². The number of hydrogen-bond donors (Lipinski definition) is 2. The molecule has 0 spiro atoms. The Morgan fingerprint density at radius 3 is 2.86 bits per heavy atom. The Hall–Kier alpha value is -1.47. The van der Waals surface area contributed by atoms with Gasteiger partial charge in [0.15, 0.2) is 5.82 Å². The van der Waals surface area contributed by atoms with Gasteiger partial charge in [-0.05, 0) is 39.8 Å². The number of piperidine rings is 1. The van der Waals surface area contributed by atoms with Crippen LogP contribution < -0.4 is 10.6 Å². The summed E-state index contributed by atoms with van der Waals surface area (Å²) in [5.74, 6) is 1.63. The minimum Gasteiger partial charge on any atom is -0.378 e. The van der Waals surface area contributed by atoms with Crippen LogP contribution >= 0.6 is 0 Å². The van der Waals surface area contributed by atoms with Crippen LogP contribution in [0.15, 0.2) is 0 Å². The fraction of sp³-hybridized carbons (Fsp3) is 0.786. The second-order valence-corrected chi connectivity index (χ2v) is 5.66. The van der Waals surface area contributed by atoms with E-state index in [1.165, 1.54) is 0 Å². The van der Waals surface area contributed by atoms with Gasteiger partial charge in [-0.2, -0.15) is 10.1 Å². The van der Waals surface area contributed by atoms with E-state index in [0.717, 1.165) is 31.8 Å². The van der Waals surface area contributed by atoms with Crippen LogP contribution in [0.4, 0.5) is 5.95 Å². The molecule has 0 aromatic carbocycles. The van der Waals surface area contributed by atoms with E-state index in [9.17, 15) is 4.79 Å². The zero-order valence-corrected chi connectivity index (χ0v) is 13.1. The lowest BCUT2D eigenvalue weighted by atomic mass is 9.98. The number of hydrogen-bond acceptors (Lipinski definition) is 5. The molecule has 0 bridgehead atoms. The highest BCUT2D eigenvalue weighted by atomic mass is 16.5. The Balaban J connectivity index is 1.88. The van der Waals surface area contributed by atoms with Crippen LogP contribution in [-0.4, -0.2) is 46.5 Å². The number of nitrogens with one attached hydrogen (secondary N) is 2. The first-order valence-corrected chi connectivity index (χ1v) is 7.59. The van der Waals surface area contributed by atoms with Crippen molar-refractivity contribution in [2.24, 2.45) is 7.05 Å². The number of aromatic nitrogens is 3. The number of ether oxygens (including phenoxy) is 1. The SMILES string of the molecule is CC(C)OCCC(=O)Nc1nc(C2CCNCC2)nn1C. The number of carbonyl (C=O) groups is 1. The molecule has 0 aliphatic carbocycles. The van der Waals surface area contributed by atoms with Crippen molar-refractivity contribution in [2.75, 3.05) is 25.0 Å². The molecule has 0 saturated carbocycles. The summed E-state index contributed by atoms with van der Waals surface area (Å²) in [5, 5.41) is 10.6. The predicted octanol–water partition coefficient (Wildman–Crippen LogP) is 1.04. The van der Waals surface area contributed by atoms with Gasteiger partial charge in [0.2, 0.25) is 11.9 Å². The molecule has 0 radical (unpaired) electrons. The molecule has 1 aliphatic rings. The summed E-state index contributed by atoms with van der Waals surface area (Å²) >= 11 is 0. The quantitative estimate of drug-likeness (QED) is 0.819. The van der Waals surface area contributed by atoms with Gasteiger partial charge < -0.3 is 10.1 Å². The van der Waals surface area contributed by atoms with Crippen LogP contribution in [-0.2, 0) is 16.6 Å². The molecule has 0 unspecified atom stereocenters. The maximum absolute atomic E-state index is 11.8. The minimum absolute atomic E-state index is 0.0944. The molecule has 1 fully saturated rings. The van der Waals surface area contributed by atoms with Gasteiger partial charge >= 0.3 is 0 Å². The van der Waals surface area contributed by atoms with Crippen LogP contribution in [0.3, 0.4) is 0 Å². The van der Waals surface area contributed by atoms with Crippen LogP contribution in [0.5, 0.6) is 0 Å². The topological polar surface area (TPSA) is 81.1 Å². The summed E-state index contributed by atoms with van der Waals surface area (Å²) in [5.41, 5.74) is 0. The van der Waals surface area contributed by atoms with Crippen molar-refractivity contribution in [2.45, 2.75) is 45.1 Å². The monoisotopic (exact) mass is 295 g/mol. The summed E-state index contributed by atoms with van der Waals surface area (Å²) in [6.45, 7) is 6.31. The first-order chi connectivity index (χ1) is 10.1. The standard InChI is InChI=1S/C14H25N5O2/c1-10(2)21-9-6-12(20)16-14-17-13(18-19(14)3)11-4-7-15-8-5-11/h10-11,15H,4-9H2,1-3H3,(H,16,17,18,20). The van der Waals surface area contributed by atoms with Gasteiger partial charge in [-0.25, -0.2) is 4.68 Å². The van der Waals surface area contributed by atoms with E-state index in [-0.39, 0.29) is 12.0 Å². The number of amides is 1. The molecule has 118 valence electrons. The van der Waals surface area contributed by atoms with Crippen molar-refractivity contribution >= 4 is 11.9 Å². The molecule has 7 heteroatoms. The fourth-order valence-corrected chi connectivity index (χ4v) is 2.34. The Labute approximate surface area is 125 Å². The molecule has 2 heterocycles. The summed E-state index contributed by atoms with van der Waals surface area (Å²) < 4.78 is 7.01. The number of nitrogens with zero attached hydrogens (tertiary/aromatic N) is 3. The third kappa shape index (κ3) is 4.78. The third-order valence-electron chi connectivity index (χ3n) is 3.52. The van der Waals surface area contributed by atoms with Crippen molar-refractivity contribution in [3.8, 4) is 0 Å². The van der Waals surface area contributed by atoms with E-state index < -0.39 is 0 Å². The molecule has 0 atom stereocenters. The number of anilines is 1. The summed E-state index contributed by atoms with van der Waals surface area (Å²) in [6.07, 6.45) is 2.55. The predicted molar refractivity (Wildman–Crippen MR) is 80.2 cm³/mol.